The number of nitrogens with two attached hydrogens (primary N) is 1. The van der Waals surface area contributed by atoms with Crippen molar-refractivity contribution in [2.45, 2.75) is 51.5 Å². The van der Waals surface area contributed by atoms with Crippen LogP contribution in [0.2, 0.25) is 0 Å². The average molecular weight is 225 g/mol. The van der Waals surface area contributed by atoms with Crippen LogP contribution in [0, 0.1) is 5.92 Å². The highest BCUT2D eigenvalue weighted by atomic mass is 32.1. The molecular weight excluding hydrogens is 206 g/mol. The Hall–Kier alpha value is -0.480. The smallest absolute Gasteiger partial charge is 0.134 e. The van der Waals surface area contributed by atoms with E-state index in [1.807, 2.05) is 0 Å². The third-order valence-electron chi connectivity index (χ3n) is 3.18. The molecule has 0 aromatic carbocycles. The number of hydrogen-bond donors (Lipinski definition) is 1. The largest absolute Gasteiger partial charge is 0.322 e. The van der Waals surface area contributed by atoms with E-state index in [1.54, 1.807) is 11.3 Å². The Kier molecular flexibility index (Phi) is 3.70. The van der Waals surface area contributed by atoms with Gasteiger partial charge in [-0.1, -0.05) is 43.9 Å². The summed E-state index contributed by atoms with van der Waals surface area (Å²) in [6, 6.07) is 0.0832. The molecule has 2 N–H and O–H groups in total. The molecule has 4 heteroatoms. The third kappa shape index (κ3) is 2.75. The quantitative estimate of drug-likeness (QED) is 0.857. The zero-order valence-corrected chi connectivity index (χ0v) is 10.1. The predicted octanol–water partition coefficient (Wildman–Crippen LogP) is 2.68. The van der Waals surface area contributed by atoms with Crippen molar-refractivity contribution in [3.8, 4) is 0 Å². The molecule has 0 saturated heterocycles. The molecule has 0 radical (unpaired) electrons. The topological polar surface area (TPSA) is 51.8 Å². The second-order valence-electron chi connectivity index (χ2n) is 4.40. The Morgan fingerprint density at radius 3 is 2.80 bits per heavy atom. The highest BCUT2D eigenvalue weighted by Gasteiger charge is 2.18. The van der Waals surface area contributed by atoms with E-state index in [0.29, 0.717) is 0 Å². The maximum atomic E-state index is 5.92. The molecule has 0 amide bonds. The van der Waals surface area contributed by atoms with Crippen LogP contribution in [0.4, 0.5) is 0 Å². The molecule has 2 rings (SSSR count). The Balaban J connectivity index is 1.94. The standard InChI is InChI=1S/C11H19N3S/c1-2-9(12)11-14-13-10(15-11)7-8-5-3-4-6-8/h8-9H,2-7,12H2,1H3. The molecule has 0 spiro atoms. The van der Waals surface area contributed by atoms with Gasteiger partial charge >= 0.3 is 0 Å². The summed E-state index contributed by atoms with van der Waals surface area (Å²) >= 11 is 1.71. The molecule has 3 nitrogen and oxygen atoms in total. The average Bonchev–Trinajstić information content (AvgIpc) is 2.88. The van der Waals surface area contributed by atoms with Crippen molar-refractivity contribution in [3.05, 3.63) is 10.0 Å². The molecule has 1 aromatic heterocycles. The summed E-state index contributed by atoms with van der Waals surface area (Å²) in [7, 11) is 0. The molecule has 1 saturated carbocycles. The Labute approximate surface area is 95.1 Å². The number of rotatable bonds is 4. The van der Waals surface area contributed by atoms with Crippen molar-refractivity contribution in [1.82, 2.24) is 10.2 Å². The van der Waals surface area contributed by atoms with Crippen LogP contribution in [0.5, 0.6) is 0 Å². The molecule has 1 atom stereocenters. The van der Waals surface area contributed by atoms with Crippen molar-refractivity contribution in [2.24, 2.45) is 11.7 Å². The molecule has 1 unspecified atom stereocenters. The fourth-order valence-electron chi connectivity index (χ4n) is 2.13. The molecule has 0 bridgehead atoms. The first-order chi connectivity index (χ1) is 7.29. The number of nitrogens with zero attached hydrogens (tertiary/aromatic N) is 2. The molecule has 15 heavy (non-hydrogen) atoms. The molecule has 1 fully saturated rings. The maximum absolute atomic E-state index is 5.92. The first-order valence-corrected chi connectivity index (χ1v) is 6.69. The zero-order valence-electron chi connectivity index (χ0n) is 9.28. The maximum Gasteiger partial charge on any atom is 0.134 e. The Morgan fingerprint density at radius 2 is 2.13 bits per heavy atom. The summed E-state index contributed by atoms with van der Waals surface area (Å²) in [5, 5.41) is 10.6. The summed E-state index contributed by atoms with van der Waals surface area (Å²) in [4.78, 5) is 0. The van der Waals surface area contributed by atoms with Crippen LogP contribution in [-0.4, -0.2) is 10.2 Å². The van der Waals surface area contributed by atoms with Gasteiger partial charge in [-0.2, -0.15) is 0 Å². The van der Waals surface area contributed by atoms with Crippen molar-refractivity contribution >= 4 is 11.3 Å². The first-order valence-electron chi connectivity index (χ1n) is 5.87. The van der Waals surface area contributed by atoms with E-state index in [2.05, 4.69) is 17.1 Å². The van der Waals surface area contributed by atoms with Gasteiger partial charge < -0.3 is 5.73 Å². The summed E-state index contributed by atoms with van der Waals surface area (Å²) in [6.45, 7) is 2.09. The number of aromatic nitrogens is 2. The van der Waals surface area contributed by atoms with Crippen LogP contribution in [0.1, 0.15) is 55.1 Å². The molecule has 0 aliphatic heterocycles. The van der Waals surface area contributed by atoms with Crippen LogP contribution in [0.25, 0.3) is 0 Å². The van der Waals surface area contributed by atoms with Crippen molar-refractivity contribution in [1.29, 1.82) is 0 Å². The second kappa shape index (κ2) is 5.03. The highest BCUT2D eigenvalue weighted by molar-refractivity contribution is 7.11. The van der Waals surface area contributed by atoms with E-state index in [0.717, 1.165) is 23.8 Å². The monoisotopic (exact) mass is 225 g/mol. The zero-order chi connectivity index (χ0) is 10.7. The fraction of sp³-hybridized carbons (Fsp3) is 0.818. The van der Waals surface area contributed by atoms with Crippen LogP contribution in [-0.2, 0) is 6.42 Å². The Morgan fingerprint density at radius 1 is 1.40 bits per heavy atom. The fourth-order valence-corrected chi connectivity index (χ4v) is 3.18. The molecule has 84 valence electrons. The number of hydrogen-bond acceptors (Lipinski definition) is 4. The van der Waals surface area contributed by atoms with Gasteiger partial charge in [0.1, 0.15) is 10.0 Å². The van der Waals surface area contributed by atoms with Gasteiger partial charge in [-0.15, -0.1) is 10.2 Å². The van der Waals surface area contributed by atoms with Crippen LogP contribution in [0.15, 0.2) is 0 Å². The minimum Gasteiger partial charge on any atom is -0.322 e. The first kappa shape index (κ1) is 11.0. The van der Waals surface area contributed by atoms with E-state index in [9.17, 15) is 0 Å². The van der Waals surface area contributed by atoms with E-state index < -0.39 is 0 Å². The van der Waals surface area contributed by atoms with Crippen molar-refractivity contribution < 1.29 is 0 Å². The molecule has 1 heterocycles. The molecular formula is C11H19N3S. The van der Waals surface area contributed by atoms with Gasteiger partial charge in [0.25, 0.3) is 0 Å². The van der Waals surface area contributed by atoms with Gasteiger partial charge in [-0.25, -0.2) is 0 Å². The molecule has 1 aliphatic rings. The van der Waals surface area contributed by atoms with E-state index in [-0.39, 0.29) is 6.04 Å². The Bertz CT molecular complexity index is 305. The summed E-state index contributed by atoms with van der Waals surface area (Å²) in [5.74, 6) is 0.851. The second-order valence-corrected chi connectivity index (χ2v) is 5.50. The van der Waals surface area contributed by atoms with Gasteiger partial charge in [0, 0.05) is 6.42 Å². The van der Waals surface area contributed by atoms with Gasteiger partial charge in [-0.05, 0) is 12.3 Å². The molecule has 1 aromatic rings. The van der Waals surface area contributed by atoms with Crippen LogP contribution >= 0.6 is 11.3 Å². The van der Waals surface area contributed by atoms with E-state index in [1.165, 1.54) is 30.7 Å². The lowest BCUT2D eigenvalue weighted by atomic mass is 10.1. The van der Waals surface area contributed by atoms with Crippen LogP contribution in [0.3, 0.4) is 0 Å². The SMILES string of the molecule is CCC(N)c1nnc(CC2CCCC2)s1. The third-order valence-corrected chi connectivity index (χ3v) is 4.26. The lowest BCUT2D eigenvalue weighted by molar-refractivity contribution is 0.542. The van der Waals surface area contributed by atoms with Gasteiger partial charge in [0.2, 0.25) is 0 Å². The van der Waals surface area contributed by atoms with Crippen LogP contribution < -0.4 is 5.73 Å². The van der Waals surface area contributed by atoms with Crippen molar-refractivity contribution in [3.63, 3.8) is 0 Å². The summed E-state index contributed by atoms with van der Waals surface area (Å²) in [5.41, 5.74) is 5.92. The summed E-state index contributed by atoms with van der Waals surface area (Å²) in [6.07, 6.45) is 7.59. The minimum absolute atomic E-state index is 0.0832. The van der Waals surface area contributed by atoms with E-state index >= 15 is 0 Å². The lowest BCUT2D eigenvalue weighted by Gasteiger charge is -2.04. The summed E-state index contributed by atoms with van der Waals surface area (Å²) < 4.78 is 0. The lowest BCUT2D eigenvalue weighted by Crippen LogP contribution is -2.07. The van der Waals surface area contributed by atoms with Gasteiger partial charge in [-0.3, -0.25) is 0 Å². The van der Waals surface area contributed by atoms with E-state index in [4.69, 9.17) is 5.73 Å². The highest BCUT2D eigenvalue weighted by Crippen LogP contribution is 2.29. The van der Waals surface area contributed by atoms with Gasteiger partial charge in [0.15, 0.2) is 0 Å². The minimum atomic E-state index is 0.0832. The van der Waals surface area contributed by atoms with Crippen molar-refractivity contribution in [2.75, 3.05) is 0 Å². The molecule has 1 aliphatic carbocycles. The van der Waals surface area contributed by atoms with Gasteiger partial charge in [0.05, 0.1) is 6.04 Å². The predicted molar refractivity (Wildman–Crippen MR) is 62.8 cm³/mol. The normalized spacial score (nSPS) is 19.6.